The molecular weight excluding hydrogens is 218 g/mol. The number of fused-ring (bicyclic) bond motifs is 3. The Morgan fingerprint density at radius 1 is 1.28 bits per heavy atom. The van der Waals surface area contributed by atoms with Crippen molar-refractivity contribution in [3.63, 3.8) is 0 Å². The fourth-order valence-electron chi connectivity index (χ4n) is 3.28. The normalized spacial score (nSPS) is 21.8. The van der Waals surface area contributed by atoms with E-state index in [9.17, 15) is 0 Å². The van der Waals surface area contributed by atoms with Gasteiger partial charge in [0, 0.05) is 17.8 Å². The number of benzene rings is 1. The Hall–Kier alpha value is -1.24. The summed E-state index contributed by atoms with van der Waals surface area (Å²) in [5, 5.41) is 0. The molecule has 3 rings (SSSR count). The van der Waals surface area contributed by atoms with Crippen LogP contribution < -0.4 is 4.90 Å². The molecule has 0 bridgehead atoms. The Kier molecular flexibility index (Phi) is 3.15. The Morgan fingerprint density at radius 2 is 2.11 bits per heavy atom. The van der Waals surface area contributed by atoms with E-state index in [1.165, 1.54) is 43.5 Å². The predicted octanol–water partition coefficient (Wildman–Crippen LogP) is 4.49. The summed E-state index contributed by atoms with van der Waals surface area (Å²) >= 11 is 0. The lowest BCUT2D eigenvalue weighted by molar-refractivity contribution is 0.541. The predicted molar refractivity (Wildman–Crippen MR) is 78.9 cm³/mol. The first-order valence-corrected chi connectivity index (χ1v) is 7.33. The molecule has 1 aromatic rings. The molecule has 2 aliphatic rings. The zero-order chi connectivity index (χ0) is 12.5. The van der Waals surface area contributed by atoms with Crippen molar-refractivity contribution in [1.82, 2.24) is 0 Å². The fourth-order valence-corrected chi connectivity index (χ4v) is 3.28. The number of hydrogen-bond acceptors (Lipinski definition) is 1. The number of nitrogens with zero attached hydrogens (tertiary/aromatic N) is 1. The van der Waals surface area contributed by atoms with E-state index in [0.717, 1.165) is 5.92 Å². The van der Waals surface area contributed by atoms with Crippen molar-refractivity contribution in [1.29, 1.82) is 0 Å². The quantitative estimate of drug-likeness (QED) is 0.753. The Balaban J connectivity index is 1.93. The summed E-state index contributed by atoms with van der Waals surface area (Å²) in [5.74, 6) is 0.786. The topological polar surface area (TPSA) is 3.24 Å². The third kappa shape index (κ3) is 1.96. The van der Waals surface area contributed by atoms with Gasteiger partial charge in [0.25, 0.3) is 0 Å². The monoisotopic (exact) mass is 241 g/mol. The maximum Gasteiger partial charge on any atom is 0.0546 e. The Labute approximate surface area is 111 Å². The summed E-state index contributed by atoms with van der Waals surface area (Å²) in [6.45, 7) is 5.84. The van der Waals surface area contributed by atoms with Crippen LogP contribution in [0.25, 0.3) is 5.57 Å². The van der Waals surface area contributed by atoms with Gasteiger partial charge in [0.05, 0.1) is 6.04 Å². The first-order valence-electron chi connectivity index (χ1n) is 7.33. The van der Waals surface area contributed by atoms with E-state index < -0.39 is 0 Å². The van der Waals surface area contributed by atoms with E-state index >= 15 is 0 Å². The maximum atomic E-state index is 2.65. The molecule has 1 heteroatoms. The van der Waals surface area contributed by atoms with Gasteiger partial charge in [-0.2, -0.15) is 0 Å². The highest BCUT2D eigenvalue weighted by Gasteiger charge is 2.33. The summed E-state index contributed by atoms with van der Waals surface area (Å²) in [5.41, 5.74) is 4.56. The summed E-state index contributed by atoms with van der Waals surface area (Å²) in [7, 11) is 0. The molecule has 1 heterocycles. The lowest BCUT2D eigenvalue weighted by Crippen LogP contribution is -2.33. The van der Waals surface area contributed by atoms with Gasteiger partial charge in [-0.15, -0.1) is 0 Å². The van der Waals surface area contributed by atoms with Crippen molar-refractivity contribution in [2.45, 2.75) is 45.6 Å². The minimum atomic E-state index is 0.662. The summed E-state index contributed by atoms with van der Waals surface area (Å²) in [4.78, 5) is 2.65. The van der Waals surface area contributed by atoms with E-state index in [1.807, 2.05) is 0 Å². The van der Waals surface area contributed by atoms with Crippen molar-refractivity contribution in [2.24, 2.45) is 5.92 Å². The van der Waals surface area contributed by atoms with Gasteiger partial charge < -0.3 is 4.90 Å². The lowest BCUT2D eigenvalue weighted by atomic mass is 9.92. The second kappa shape index (κ2) is 4.79. The molecule has 0 saturated carbocycles. The molecule has 0 amide bonds. The van der Waals surface area contributed by atoms with Crippen LogP contribution in [-0.4, -0.2) is 12.6 Å². The molecule has 1 unspecified atom stereocenters. The second-order valence-corrected chi connectivity index (χ2v) is 6.00. The molecule has 0 radical (unpaired) electrons. The largest absolute Gasteiger partial charge is 0.364 e. The molecule has 1 aliphatic carbocycles. The molecule has 96 valence electrons. The summed E-state index contributed by atoms with van der Waals surface area (Å²) in [6, 6.07) is 9.62. The van der Waals surface area contributed by atoms with E-state index in [1.54, 1.807) is 5.57 Å². The van der Waals surface area contributed by atoms with E-state index in [2.05, 4.69) is 49.1 Å². The third-order valence-electron chi connectivity index (χ3n) is 4.25. The fraction of sp³-hybridized carbons (Fsp3) is 0.529. The van der Waals surface area contributed by atoms with E-state index in [0.29, 0.717) is 6.04 Å². The molecule has 0 aromatic heterocycles. The van der Waals surface area contributed by atoms with Crippen molar-refractivity contribution in [3.05, 3.63) is 35.9 Å². The zero-order valence-corrected chi connectivity index (χ0v) is 11.5. The number of para-hydroxylation sites is 1. The SMILES string of the molecule is CC(C)CCN1c2ccccc2C2=CCCCC21. The Morgan fingerprint density at radius 3 is 2.94 bits per heavy atom. The van der Waals surface area contributed by atoms with Crippen LogP contribution in [0, 0.1) is 5.92 Å². The summed E-state index contributed by atoms with van der Waals surface area (Å²) in [6.07, 6.45) is 7.71. The molecule has 0 N–H and O–H groups in total. The van der Waals surface area contributed by atoms with Crippen LogP contribution in [0.2, 0.25) is 0 Å². The van der Waals surface area contributed by atoms with Crippen LogP contribution in [0.5, 0.6) is 0 Å². The first-order chi connectivity index (χ1) is 8.77. The standard InChI is InChI=1S/C17H23N/c1-13(2)11-12-18-16-9-5-3-7-14(16)15-8-4-6-10-17(15)18/h3,5,7-9,13,17H,4,6,10-12H2,1-2H3. The Bertz CT molecular complexity index is 458. The van der Waals surface area contributed by atoms with Crippen LogP contribution >= 0.6 is 0 Å². The van der Waals surface area contributed by atoms with Gasteiger partial charge in [-0.1, -0.05) is 38.1 Å². The van der Waals surface area contributed by atoms with Gasteiger partial charge in [0.15, 0.2) is 0 Å². The van der Waals surface area contributed by atoms with E-state index in [4.69, 9.17) is 0 Å². The molecule has 1 atom stereocenters. The molecule has 0 spiro atoms. The van der Waals surface area contributed by atoms with Gasteiger partial charge in [-0.25, -0.2) is 0 Å². The van der Waals surface area contributed by atoms with Crippen molar-refractivity contribution >= 4 is 11.3 Å². The van der Waals surface area contributed by atoms with Gasteiger partial charge in [-0.05, 0) is 43.2 Å². The lowest BCUT2D eigenvalue weighted by Gasteiger charge is -2.30. The molecule has 1 aliphatic heterocycles. The van der Waals surface area contributed by atoms with Crippen LogP contribution in [0.3, 0.4) is 0 Å². The molecule has 0 fully saturated rings. The minimum absolute atomic E-state index is 0.662. The van der Waals surface area contributed by atoms with Gasteiger partial charge in [-0.3, -0.25) is 0 Å². The third-order valence-corrected chi connectivity index (χ3v) is 4.25. The van der Waals surface area contributed by atoms with Gasteiger partial charge in [0.2, 0.25) is 0 Å². The highest BCUT2D eigenvalue weighted by atomic mass is 15.2. The molecule has 0 saturated heterocycles. The minimum Gasteiger partial charge on any atom is -0.364 e. The van der Waals surface area contributed by atoms with Crippen LogP contribution in [0.15, 0.2) is 30.3 Å². The van der Waals surface area contributed by atoms with Gasteiger partial charge in [0.1, 0.15) is 0 Å². The number of anilines is 1. The van der Waals surface area contributed by atoms with Crippen LogP contribution in [0.1, 0.15) is 45.1 Å². The molecule has 18 heavy (non-hydrogen) atoms. The molecule has 1 aromatic carbocycles. The number of rotatable bonds is 3. The first kappa shape index (κ1) is 11.8. The van der Waals surface area contributed by atoms with E-state index in [-0.39, 0.29) is 0 Å². The maximum absolute atomic E-state index is 2.65. The molecule has 1 nitrogen and oxygen atoms in total. The smallest absolute Gasteiger partial charge is 0.0546 e. The zero-order valence-electron chi connectivity index (χ0n) is 11.5. The van der Waals surface area contributed by atoms with Gasteiger partial charge >= 0.3 is 0 Å². The highest BCUT2D eigenvalue weighted by Crippen LogP contribution is 2.44. The number of allylic oxidation sites excluding steroid dienone is 1. The van der Waals surface area contributed by atoms with Crippen molar-refractivity contribution in [2.75, 3.05) is 11.4 Å². The average molecular weight is 241 g/mol. The van der Waals surface area contributed by atoms with Crippen LogP contribution in [0.4, 0.5) is 5.69 Å². The van der Waals surface area contributed by atoms with Crippen molar-refractivity contribution in [3.8, 4) is 0 Å². The van der Waals surface area contributed by atoms with Crippen LogP contribution in [-0.2, 0) is 0 Å². The highest BCUT2D eigenvalue weighted by molar-refractivity contribution is 5.88. The van der Waals surface area contributed by atoms with Crippen molar-refractivity contribution < 1.29 is 0 Å². The second-order valence-electron chi connectivity index (χ2n) is 6.00. The number of hydrogen-bond donors (Lipinski definition) is 0. The molecular formula is C17H23N. The summed E-state index contributed by atoms with van der Waals surface area (Å²) < 4.78 is 0. The average Bonchev–Trinajstić information content (AvgIpc) is 2.71.